The van der Waals surface area contributed by atoms with Gasteiger partial charge in [-0.15, -0.1) is 0 Å². The van der Waals surface area contributed by atoms with Crippen molar-refractivity contribution in [1.29, 1.82) is 0 Å². The number of carboxylic acid groups (broad SMARTS) is 1. The van der Waals surface area contributed by atoms with Crippen molar-refractivity contribution < 1.29 is 19.7 Å². The van der Waals surface area contributed by atoms with Gasteiger partial charge in [0.2, 0.25) is 0 Å². The van der Waals surface area contributed by atoms with Gasteiger partial charge in [0, 0.05) is 13.7 Å². The SMILES string of the molecule is COCCn1c(C(C)O)nc2cc(C(=O)O)ccc21. The molecule has 2 aromatic rings. The van der Waals surface area contributed by atoms with Gasteiger partial charge in [0.1, 0.15) is 11.9 Å². The molecule has 2 rings (SSSR count). The predicted octanol–water partition coefficient (Wildman–Crippen LogP) is 1.43. The topological polar surface area (TPSA) is 84.6 Å². The Labute approximate surface area is 110 Å². The van der Waals surface area contributed by atoms with Gasteiger partial charge in [-0.05, 0) is 25.1 Å². The fraction of sp³-hybridized carbons (Fsp3) is 0.385. The number of aromatic carboxylic acids is 1. The van der Waals surface area contributed by atoms with E-state index in [0.29, 0.717) is 24.5 Å². The highest BCUT2D eigenvalue weighted by Gasteiger charge is 2.16. The number of ether oxygens (including phenoxy) is 1. The van der Waals surface area contributed by atoms with Gasteiger partial charge in [0.05, 0.1) is 23.2 Å². The van der Waals surface area contributed by atoms with Crippen molar-refractivity contribution in [3.8, 4) is 0 Å². The maximum absolute atomic E-state index is 10.9. The van der Waals surface area contributed by atoms with Crippen molar-refractivity contribution in [2.24, 2.45) is 0 Å². The Morgan fingerprint density at radius 2 is 2.26 bits per heavy atom. The number of benzene rings is 1. The molecule has 1 unspecified atom stereocenters. The first-order valence-corrected chi connectivity index (χ1v) is 5.95. The maximum Gasteiger partial charge on any atom is 0.335 e. The van der Waals surface area contributed by atoms with Crippen LogP contribution in [0.4, 0.5) is 0 Å². The molecule has 0 aliphatic rings. The largest absolute Gasteiger partial charge is 0.478 e. The van der Waals surface area contributed by atoms with E-state index in [4.69, 9.17) is 9.84 Å². The number of aliphatic hydroxyl groups is 1. The van der Waals surface area contributed by atoms with Gasteiger partial charge in [0.25, 0.3) is 0 Å². The third-order valence-corrected chi connectivity index (χ3v) is 2.92. The summed E-state index contributed by atoms with van der Waals surface area (Å²) in [6.45, 7) is 2.67. The molecule has 0 aliphatic heterocycles. The van der Waals surface area contributed by atoms with Crippen LogP contribution in [0.3, 0.4) is 0 Å². The molecule has 0 bridgehead atoms. The lowest BCUT2D eigenvalue weighted by Gasteiger charge is -2.10. The maximum atomic E-state index is 10.9. The van der Waals surface area contributed by atoms with E-state index in [-0.39, 0.29) is 5.56 Å². The van der Waals surface area contributed by atoms with E-state index in [1.54, 1.807) is 20.1 Å². The van der Waals surface area contributed by atoms with Gasteiger partial charge in [-0.2, -0.15) is 0 Å². The molecule has 1 atom stereocenters. The number of fused-ring (bicyclic) bond motifs is 1. The molecule has 2 N–H and O–H groups in total. The van der Waals surface area contributed by atoms with E-state index in [9.17, 15) is 9.90 Å². The number of methoxy groups -OCH3 is 1. The van der Waals surface area contributed by atoms with E-state index in [1.807, 2.05) is 4.57 Å². The minimum Gasteiger partial charge on any atom is -0.478 e. The van der Waals surface area contributed by atoms with Gasteiger partial charge in [-0.25, -0.2) is 9.78 Å². The molecule has 6 nitrogen and oxygen atoms in total. The van der Waals surface area contributed by atoms with Crippen molar-refractivity contribution in [2.45, 2.75) is 19.6 Å². The fourth-order valence-corrected chi connectivity index (χ4v) is 2.02. The predicted molar refractivity (Wildman–Crippen MR) is 69.2 cm³/mol. The zero-order chi connectivity index (χ0) is 14.0. The van der Waals surface area contributed by atoms with Gasteiger partial charge >= 0.3 is 5.97 Å². The van der Waals surface area contributed by atoms with Crippen LogP contribution in [0.2, 0.25) is 0 Å². The first kappa shape index (κ1) is 13.5. The average Bonchev–Trinajstić information content (AvgIpc) is 2.74. The molecule has 102 valence electrons. The lowest BCUT2D eigenvalue weighted by Crippen LogP contribution is -2.10. The highest BCUT2D eigenvalue weighted by Crippen LogP contribution is 2.22. The number of nitrogens with zero attached hydrogens (tertiary/aromatic N) is 2. The third kappa shape index (κ3) is 2.59. The summed E-state index contributed by atoms with van der Waals surface area (Å²) in [5.74, 6) is -0.485. The van der Waals surface area contributed by atoms with Crippen LogP contribution >= 0.6 is 0 Å². The number of aliphatic hydroxyl groups excluding tert-OH is 1. The van der Waals surface area contributed by atoms with Crippen molar-refractivity contribution in [1.82, 2.24) is 9.55 Å². The lowest BCUT2D eigenvalue weighted by atomic mass is 10.2. The number of imidazole rings is 1. The molecule has 0 saturated carbocycles. The summed E-state index contributed by atoms with van der Waals surface area (Å²) >= 11 is 0. The lowest BCUT2D eigenvalue weighted by molar-refractivity contribution is 0.0697. The van der Waals surface area contributed by atoms with Crippen LogP contribution in [0.1, 0.15) is 29.2 Å². The molecule has 1 heterocycles. The first-order chi connectivity index (χ1) is 9.04. The molecule has 1 aromatic carbocycles. The number of rotatable bonds is 5. The van der Waals surface area contributed by atoms with Gasteiger partial charge in [-0.1, -0.05) is 0 Å². The summed E-state index contributed by atoms with van der Waals surface area (Å²) in [6.07, 6.45) is -0.725. The molecular formula is C13H16N2O4. The van der Waals surface area contributed by atoms with E-state index in [0.717, 1.165) is 5.52 Å². The summed E-state index contributed by atoms with van der Waals surface area (Å²) in [5.41, 5.74) is 1.53. The quantitative estimate of drug-likeness (QED) is 0.853. The highest BCUT2D eigenvalue weighted by atomic mass is 16.5. The van der Waals surface area contributed by atoms with Crippen LogP contribution in [0.5, 0.6) is 0 Å². The van der Waals surface area contributed by atoms with Crippen molar-refractivity contribution >= 4 is 17.0 Å². The van der Waals surface area contributed by atoms with Crippen LogP contribution in [0.25, 0.3) is 11.0 Å². The molecule has 0 radical (unpaired) electrons. The standard InChI is InChI=1S/C13H16N2O4/c1-8(16)12-14-10-7-9(13(17)18)3-4-11(10)15(12)5-6-19-2/h3-4,7-8,16H,5-6H2,1-2H3,(H,17,18). The second-order valence-electron chi connectivity index (χ2n) is 4.30. The van der Waals surface area contributed by atoms with E-state index in [1.165, 1.54) is 12.1 Å². The Hall–Kier alpha value is -1.92. The Morgan fingerprint density at radius 1 is 1.53 bits per heavy atom. The molecule has 19 heavy (non-hydrogen) atoms. The van der Waals surface area contributed by atoms with Gasteiger partial charge in [0.15, 0.2) is 0 Å². The molecule has 1 aromatic heterocycles. The number of hydrogen-bond acceptors (Lipinski definition) is 4. The van der Waals surface area contributed by atoms with Crippen molar-refractivity contribution in [3.63, 3.8) is 0 Å². The first-order valence-electron chi connectivity index (χ1n) is 5.95. The highest BCUT2D eigenvalue weighted by molar-refractivity contribution is 5.92. The van der Waals surface area contributed by atoms with E-state index >= 15 is 0 Å². The van der Waals surface area contributed by atoms with Gasteiger partial charge in [-0.3, -0.25) is 0 Å². The number of carboxylic acids is 1. The summed E-state index contributed by atoms with van der Waals surface area (Å²) in [4.78, 5) is 15.2. The fourth-order valence-electron chi connectivity index (χ4n) is 2.02. The minimum atomic E-state index is -0.994. The average molecular weight is 264 g/mol. The second-order valence-corrected chi connectivity index (χ2v) is 4.30. The van der Waals surface area contributed by atoms with E-state index in [2.05, 4.69) is 4.98 Å². The second kappa shape index (κ2) is 5.38. The normalized spacial score (nSPS) is 12.8. The number of carbonyl (C=O) groups is 1. The van der Waals surface area contributed by atoms with E-state index < -0.39 is 12.1 Å². The molecular weight excluding hydrogens is 248 g/mol. The molecule has 0 aliphatic carbocycles. The third-order valence-electron chi connectivity index (χ3n) is 2.92. The van der Waals surface area contributed by atoms with Crippen LogP contribution in [-0.2, 0) is 11.3 Å². The monoisotopic (exact) mass is 264 g/mol. The minimum absolute atomic E-state index is 0.182. The molecule has 0 spiro atoms. The Kier molecular flexibility index (Phi) is 3.82. The van der Waals surface area contributed by atoms with Crippen LogP contribution in [0.15, 0.2) is 18.2 Å². The van der Waals surface area contributed by atoms with Crippen molar-refractivity contribution in [3.05, 3.63) is 29.6 Å². The molecule has 0 fully saturated rings. The van der Waals surface area contributed by atoms with Crippen LogP contribution < -0.4 is 0 Å². The molecule has 6 heteroatoms. The van der Waals surface area contributed by atoms with Crippen LogP contribution in [-0.4, -0.2) is 39.5 Å². The Bertz CT molecular complexity index is 604. The number of hydrogen-bond donors (Lipinski definition) is 2. The number of aromatic nitrogens is 2. The Morgan fingerprint density at radius 3 is 2.84 bits per heavy atom. The zero-order valence-electron chi connectivity index (χ0n) is 10.8. The summed E-state index contributed by atoms with van der Waals surface area (Å²) in [5, 5.41) is 18.7. The summed E-state index contributed by atoms with van der Waals surface area (Å²) < 4.78 is 6.88. The zero-order valence-corrected chi connectivity index (χ0v) is 10.8. The smallest absolute Gasteiger partial charge is 0.335 e. The van der Waals surface area contributed by atoms with Crippen LogP contribution in [0, 0.1) is 0 Å². The Balaban J connectivity index is 2.56. The summed E-state index contributed by atoms with van der Waals surface area (Å²) in [6, 6.07) is 4.74. The summed E-state index contributed by atoms with van der Waals surface area (Å²) in [7, 11) is 1.60. The van der Waals surface area contributed by atoms with Gasteiger partial charge < -0.3 is 19.5 Å². The molecule has 0 saturated heterocycles. The van der Waals surface area contributed by atoms with Crippen molar-refractivity contribution in [2.75, 3.05) is 13.7 Å². The molecule has 0 amide bonds.